The molecular weight excluding hydrogens is 404 g/mol. The second-order valence-electron chi connectivity index (χ2n) is 7.63. The first-order valence-electron chi connectivity index (χ1n) is 10.0. The molecule has 0 saturated heterocycles. The molecule has 1 aliphatic rings. The van der Waals surface area contributed by atoms with Gasteiger partial charge in [-0.1, -0.05) is 66.4 Å². The number of aromatic nitrogens is 2. The molecule has 0 N–H and O–H groups in total. The Kier molecular flexibility index (Phi) is 3.45. The molecule has 0 unspecified atom stereocenters. The molecule has 0 spiro atoms. The average molecular weight is 421 g/mol. The van der Waals surface area contributed by atoms with Gasteiger partial charge >= 0.3 is 0 Å². The van der Waals surface area contributed by atoms with Gasteiger partial charge in [-0.3, -0.25) is 4.57 Å². The highest BCUT2D eigenvalue weighted by Crippen LogP contribution is 2.42. The van der Waals surface area contributed by atoms with Crippen molar-refractivity contribution in [3.63, 3.8) is 0 Å². The van der Waals surface area contributed by atoms with Crippen LogP contribution >= 0.6 is 23.1 Å². The van der Waals surface area contributed by atoms with E-state index in [1.54, 1.807) is 0 Å². The van der Waals surface area contributed by atoms with Crippen LogP contribution in [-0.4, -0.2) is 9.55 Å². The summed E-state index contributed by atoms with van der Waals surface area (Å²) in [5.41, 5.74) is 7.42. The first kappa shape index (κ1) is 16.7. The lowest BCUT2D eigenvalue weighted by Crippen LogP contribution is -2.06. The van der Waals surface area contributed by atoms with Crippen LogP contribution in [0, 0.1) is 0 Å². The van der Waals surface area contributed by atoms with E-state index < -0.39 is 0 Å². The fourth-order valence-electron chi connectivity index (χ4n) is 4.55. The maximum atomic E-state index is 4.86. The predicted molar refractivity (Wildman–Crippen MR) is 129 cm³/mol. The zero-order chi connectivity index (χ0) is 19.7. The molecule has 7 rings (SSSR count). The molecule has 0 atom stereocenters. The van der Waals surface area contributed by atoms with Crippen LogP contribution in [0.1, 0.15) is 5.56 Å². The van der Waals surface area contributed by atoms with Gasteiger partial charge in [-0.2, -0.15) is 0 Å². The van der Waals surface area contributed by atoms with E-state index >= 15 is 0 Å². The molecule has 6 aromatic rings. The summed E-state index contributed by atoms with van der Waals surface area (Å²) in [5.74, 6) is 0.963. The normalized spacial score (nSPS) is 13.1. The largest absolute Gasteiger partial charge is 0.287 e. The number of hydrogen-bond acceptors (Lipinski definition) is 3. The summed E-state index contributed by atoms with van der Waals surface area (Å²) in [4.78, 5) is 4.86. The summed E-state index contributed by atoms with van der Waals surface area (Å²) < 4.78 is 5.02. The van der Waals surface area contributed by atoms with Crippen LogP contribution in [0.2, 0.25) is 0 Å². The lowest BCUT2D eigenvalue weighted by Gasteiger charge is -2.20. The van der Waals surface area contributed by atoms with Crippen molar-refractivity contribution in [2.24, 2.45) is 0 Å². The molecule has 0 aliphatic carbocycles. The molecule has 4 heteroatoms. The quantitative estimate of drug-likeness (QED) is 0.272. The standard InChI is InChI=1S/C26H16N2S2/c1-4-10-23-19(6-1)25-18(7-5-11-24(25)30-23)16-12-13-17-15-29-26-27-20-8-2-3-9-21(20)28(26)22(17)14-16/h1-14H,15H2. The van der Waals surface area contributed by atoms with Crippen LogP contribution in [0.4, 0.5) is 0 Å². The molecule has 0 amide bonds. The number of imidazole rings is 1. The first-order valence-corrected chi connectivity index (χ1v) is 11.8. The van der Waals surface area contributed by atoms with Gasteiger partial charge in [0.15, 0.2) is 5.16 Å². The minimum atomic E-state index is 0.963. The van der Waals surface area contributed by atoms with Gasteiger partial charge in [0.1, 0.15) is 0 Å². The van der Waals surface area contributed by atoms with E-state index in [1.165, 1.54) is 48.1 Å². The van der Waals surface area contributed by atoms with Crippen molar-refractivity contribution in [2.75, 3.05) is 0 Å². The predicted octanol–water partition coefficient (Wildman–Crippen LogP) is 7.67. The Morgan fingerprint density at radius 2 is 1.67 bits per heavy atom. The van der Waals surface area contributed by atoms with Crippen LogP contribution in [0.15, 0.2) is 90.1 Å². The highest BCUT2D eigenvalue weighted by molar-refractivity contribution is 7.98. The van der Waals surface area contributed by atoms with E-state index in [0.717, 1.165) is 16.4 Å². The number of nitrogens with zero attached hydrogens (tertiary/aromatic N) is 2. The second kappa shape index (κ2) is 6.21. The van der Waals surface area contributed by atoms with E-state index in [2.05, 4.69) is 89.5 Å². The van der Waals surface area contributed by atoms with E-state index in [1.807, 2.05) is 23.1 Å². The summed E-state index contributed by atoms with van der Waals surface area (Å²) in [6.45, 7) is 0. The van der Waals surface area contributed by atoms with Gasteiger partial charge in [0, 0.05) is 25.9 Å². The van der Waals surface area contributed by atoms with Crippen molar-refractivity contribution in [1.29, 1.82) is 0 Å². The Morgan fingerprint density at radius 1 is 0.800 bits per heavy atom. The topological polar surface area (TPSA) is 17.8 Å². The molecule has 4 aromatic carbocycles. The maximum Gasteiger partial charge on any atom is 0.174 e. The molecule has 0 saturated carbocycles. The molecule has 2 nitrogen and oxygen atoms in total. The van der Waals surface area contributed by atoms with Crippen molar-refractivity contribution in [1.82, 2.24) is 9.55 Å². The zero-order valence-corrected chi connectivity index (χ0v) is 17.6. The van der Waals surface area contributed by atoms with Gasteiger partial charge in [-0.05, 0) is 47.0 Å². The van der Waals surface area contributed by atoms with Crippen LogP contribution in [0.3, 0.4) is 0 Å². The number of rotatable bonds is 1. The van der Waals surface area contributed by atoms with E-state index in [4.69, 9.17) is 4.98 Å². The lowest BCUT2D eigenvalue weighted by molar-refractivity contribution is 0.895. The fourth-order valence-corrected chi connectivity index (χ4v) is 6.70. The summed E-state index contributed by atoms with van der Waals surface area (Å²) in [7, 11) is 0. The Bertz CT molecular complexity index is 1610. The maximum absolute atomic E-state index is 4.86. The third-order valence-corrected chi connectivity index (χ3v) is 8.05. The highest BCUT2D eigenvalue weighted by atomic mass is 32.2. The Hall–Kier alpha value is -3.08. The Labute approximate surface area is 181 Å². The van der Waals surface area contributed by atoms with E-state index in [0.29, 0.717) is 0 Å². The molecule has 0 radical (unpaired) electrons. The third-order valence-electron chi connectivity index (χ3n) is 5.93. The molecule has 30 heavy (non-hydrogen) atoms. The summed E-state index contributed by atoms with van der Waals surface area (Å²) in [6.07, 6.45) is 0. The van der Waals surface area contributed by atoms with Gasteiger partial charge in [0.05, 0.1) is 16.7 Å². The van der Waals surface area contributed by atoms with Crippen molar-refractivity contribution >= 4 is 54.3 Å². The molecule has 2 aromatic heterocycles. The van der Waals surface area contributed by atoms with Gasteiger partial charge in [-0.25, -0.2) is 4.98 Å². The minimum absolute atomic E-state index is 0.963. The molecule has 0 bridgehead atoms. The number of fused-ring (bicyclic) bond motifs is 8. The minimum Gasteiger partial charge on any atom is -0.287 e. The summed E-state index contributed by atoms with van der Waals surface area (Å²) >= 11 is 3.69. The second-order valence-corrected chi connectivity index (χ2v) is 9.65. The number of benzene rings is 4. The monoisotopic (exact) mass is 420 g/mol. The Balaban J connectivity index is 1.52. The number of hydrogen-bond donors (Lipinski definition) is 0. The van der Waals surface area contributed by atoms with Crippen molar-refractivity contribution in [2.45, 2.75) is 10.9 Å². The van der Waals surface area contributed by atoms with Gasteiger partial charge in [0.2, 0.25) is 0 Å². The zero-order valence-electron chi connectivity index (χ0n) is 16.0. The van der Waals surface area contributed by atoms with Crippen molar-refractivity contribution < 1.29 is 0 Å². The van der Waals surface area contributed by atoms with Crippen LogP contribution in [-0.2, 0) is 5.75 Å². The lowest BCUT2D eigenvalue weighted by atomic mass is 9.97. The van der Waals surface area contributed by atoms with Crippen LogP contribution < -0.4 is 0 Å². The number of thioether (sulfide) groups is 1. The van der Waals surface area contributed by atoms with E-state index in [-0.39, 0.29) is 0 Å². The number of thiophene rings is 1. The van der Waals surface area contributed by atoms with Crippen LogP contribution in [0.5, 0.6) is 0 Å². The molecule has 142 valence electrons. The molecular formula is C26H16N2S2. The SMILES string of the molecule is c1ccc2c(c1)nc1n2-c2cc(-c3cccc4sc5ccccc5c34)ccc2CS1. The van der Waals surface area contributed by atoms with Crippen molar-refractivity contribution in [3.8, 4) is 16.8 Å². The smallest absolute Gasteiger partial charge is 0.174 e. The first-order chi connectivity index (χ1) is 14.9. The third kappa shape index (κ3) is 2.29. The van der Waals surface area contributed by atoms with Gasteiger partial charge in [0.25, 0.3) is 0 Å². The van der Waals surface area contributed by atoms with Gasteiger partial charge in [-0.15, -0.1) is 11.3 Å². The van der Waals surface area contributed by atoms with Crippen molar-refractivity contribution in [3.05, 3.63) is 90.5 Å². The molecule has 3 heterocycles. The Morgan fingerprint density at radius 3 is 2.67 bits per heavy atom. The molecule has 0 fully saturated rings. The highest BCUT2D eigenvalue weighted by Gasteiger charge is 2.21. The van der Waals surface area contributed by atoms with E-state index in [9.17, 15) is 0 Å². The fraction of sp³-hybridized carbons (Fsp3) is 0.0385. The van der Waals surface area contributed by atoms with Crippen LogP contribution in [0.25, 0.3) is 48.0 Å². The van der Waals surface area contributed by atoms with Gasteiger partial charge < -0.3 is 0 Å². The summed E-state index contributed by atoms with van der Waals surface area (Å²) in [6, 6.07) is 30.8. The number of para-hydroxylation sites is 2. The molecule has 1 aliphatic heterocycles. The summed E-state index contributed by atoms with van der Waals surface area (Å²) in [5, 5.41) is 3.79. The average Bonchev–Trinajstić information content (AvgIpc) is 3.37.